The number of fused-ring (bicyclic) bond motifs is 3. The van der Waals surface area contributed by atoms with Crippen LogP contribution in [0.25, 0.3) is 0 Å². The molecule has 51 heavy (non-hydrogen) atoms. The van der Waals surface area contributed by atoms with Gasteiger partial charge in [0.25, 0.3) is 5.91 Å². The summed E-state index contributed by atoms with van der Waals surface area (Å²) in [6.07, 6.45) is 9.70. The summed E-state index contributed by atoms with van der Waals surface area (Å²) in [6.45, 7) is 7.55. The van der Waals surface area contributed by atoms with Crippen LogP contribution in [0.4, 0.5) is 5.69 Å². The highest BCUT2D eigenvalue weighted by Crippen LogP contribution is 2.47. The lowest BCUT2D eigenvalue weighted by Crippen LogP contribution is -2.52. The maximum atomic E-state index is 13.6. The standard InChI is InChI=1S/C39H50ClN3O7S/c1-25-9-8-17-39(48-5,21-37-41-34(24-47-4)26(2)50-37)33-15-12-30(33)22-43-18-7-6-10-28-19-32(40)14-11-31(28)23-49-36-16-13-29(20-35(36)43)38(44)42-51(45,46)27(25)3/h8,11,13-14,16-17,19-20,25,27,30,33H,6-7,9-10,12,15,18,21-24H2,1-5H3,(H,42,44)/b17-8+/t25-,27+,30-,33+,39+/m0/s1. The number of aromatic nitrogens is 1. The lowest BCUT2D eigenvalue weighted by Gasteiger charge is -2.49. The van der Waals surface area contributed by atoms with Crippen LogP contribution >= 0.6 is 11.6 Å². The van der Waals surface area contributed by atoms with E-state index in [2.05, 4.69) is 15.7 Å². The van der Waals surface area contributed by atoms with Crippen LogP contribution in [-0.2, 0) is 45.6 Å². The van der Waals surface area contributed by atoms with E-state index in [1.807, 2.05) is 38.1 Å². The van der Waals surface area contributed by atoms with E-state index in [0.717, 1.165) is 61.4 Å². The third kappa shape index (κ3) is 8.16. The average molecular weight is 740 g/mol. The Kier molecular flexibility index (Phi) is 11.5. The Morgan fingerprint density at radius 3 is 2.67 bits per heavy atom. The van der Waals surface area contributed by atoms with Gasteiger partial charge >= 0.3 is 0 Å². The van der Waals surface area contributed by atoms with E-state index in [4.69, 9.17) is 35.2 Å². The first kappa shape index (κ1) is 37.4. The SMILES string of the molecule is COCc1nc(C[C@]2(OC)/C=C/C[C@H](C)[C@@H](C)S(=O)(=O)NC(=O)c3ccc4c(c3)N(CCCCc3cc(Cl)ccc3CO4)C[C@@H]3CC[C@H]32)oc1C. The molecule has 3 heterocycles. The Labute approximate surface area is 306 Å². The van der Waals surface area contributed by atoms with E-state index in [-0.39, 0.29) is 23.3 Å². The maximum absolute atomic E-state index is 13.6. The van der Waals surface area contributed by atoms with Crippen molar-refractivity contribution < 1.29 is 31.8 Å². The zero-order valence-corrected chi connectivity index (χ0v) is 31.8. The normalized spacial score (nSPS) is 27.5. The van der Waals surface area contributed by atoms with Gasteiger partial charge in [0.15, 0.2) is 5.89 Å². The Hall–Kier alpha value is -3.38. The van der Waals surface area contributed by atoms with Gasteiger partial charge in [0, 0.05) is 37.9 Å². The number of anilines is 1. The maximum Gasteiger partial charge on any atom is 0.264 e. The second kappa shape index (κ2) is 15.7. The molecule has 5 atom stereocenters. The molecule has 1 amide bonds. The molecule has 3 aliphatic rings. The molecule has 0 unspecified atom stereocenters. The zero-order chi connectivity index (χ0) is 36.3. The molecule has 1 aliphatic carbocycles. The van der Waals surface area contributed by atoms with Crippen LogP contribution < -0.4 is 14.4 Å². The fraction of sp³-hybridized carbons (Fsp3) is 0.538. The summed E-state index contributed by atoms with van der Waals surface area (Å²) in [6, 6.07) is 11.1. The van der Waals surface area contributed by atoms with Crippen molar-refractivity contribution in [1.29, 1.82) is 0 Å². The monoisotopic (exact) mass is 739 g/mol. The lowest BCUT2D eigenvalue weighted by atomic mass is 9.63. The van der Waals surface area contributed by atoms with E-state index in [1.54, 1.807) is 39.3 Å². The highest BCUT2D eigenvalue weighted by atomic mass is 35.5. The predicted molar refractivity (Wildman–Crippen MR) is 198 cm³/mol. The van der Waals surface area contributed by atoms with Gasteiger partial charge in [-0.15, -0.1) is 0 Å². The van der Waals surface area contributed by atoms with Crippen LogP contribution in [0.15, 0.2) is 53.0 Å². The molecular formula is C39H50ClN3O7S. The predicted octanol–water partition coefficient (Wildman–Crippen LogP) is 7.20. The molecule has 3 aromatic rings. The number of nitrogens with one attached hydrogen (secondary N) is 1. The number of allylic oxidation sites excluding steroid dienone is 1. The van der Waals surface area contributed by atoms with E-state index >= 15 is 0 Å². The summed E-state index contributed by atoms with van der Waals surface area (Å²) in [5.41, 5.74) is 3.28. The zero-order valence-electron chi connectivity index (χ0n) is 30.2. The molecule has 2 aromatic carbocycles. The number of carbonyl (C=O) groups is 1. The van der Waals surface area contributed by atoms with Crippen molar-refractivity contribution in [2.45, 2.75) is 89.8 Å². The molecule has 12 heteroatoms. The Morgan fingerprint density at radius 2 is 1.92 bits per heavy atom. The van der Waals surface area contributed by atoms with Crippen LogP contribution in [0.2, 0.25) is 5.02 Å². The van der Waals surface area contributed by atoms with Crippen LogP contribution in [0, 0.1) is 24.7 Å². The number of sulfonamides is 1. The second-order valence-corrected chi connectivity index (χ2v) is 16.9. The molecule has 6 rings (SSSR count). The van der Waals surface area contributed by atoms with Crippen molar-refractivity contribution in [3.63, 3.8) is 0 Å². The fourth-order valence-corrected chi connectivity index (χ4v) is 9.21. The second-order valence-electron chi connectivity index (χ2n) is 14.4. The minimum atomic E-state index is -3.99. The summed E-state index contributed by atoms with van der Waals surface area (Å²) in [5.74, 6) is 1.38. The van der Waals surface area contributed by atoms with Crippen molar-refractivity contribution in [2.75, 3.05) is 32.2 Å². The number of nitrogens with zero attached hydrogens (tertiary/aromatic N) is 2. The molecule has 0 radical (unpaired) electrons. The molecule has 1 fully saturated rings. The van der Waals surface area contributed by atoms with Gasteiger partial charge in [-0.05, 0) is 112 Å². The van der Waals surface area contributed by atoms with Gasteiger partial charge in [0.2, 0.25) is 10.0 Å². The van der Waals surface area contributed by atoms with E-state index < -0.39 is 26.8 Å². The first-order chi connectivity index (χ1) is 24.4. The molecule has 1 aromatic heterocycles. The number of hydrogen-bond donors (Lipinski definition) is 1. The largest absolute Gasteiger partial charge is 0.487 e. The third-order valence-corrected chi connectivity index (χ3v) is 13.3. The number of aryl methyl sites for hydroxylation is 2. The van der Waals surface area contributed by atoms with Gasteiger partial charge in [-0.1, -0.05) is 36.7 Å². The van der Waals surface area contributed by atoms with Crippen LogP contribution in [-0.4, -0.2) is 57.5 Å². The number of oxazole rings is 1. The van der Waals surface area contributed by atoms with Gasteiger partial charge in [-0.2, -0.15) is 0 Å². The Bertz CT molecular complexity index is 1860. The van der Waals surface area contributed by atoms with E-state index in [1.165, 1.54) is 5.56 Å². The minimum absolute atomic E-state index is 0.127. The Balaban J connectivity index is 1.42. The first-order valence-corrected chi connectivity index (χ1v) is 19.9. The molecule has 0 saturated heterocycles. The summed E-state index contributed by atoms with van der Waals surface area (Å²) in [7, 11) is -0.616. The quantitative estimate of drug-likeness (QED) is 0.271. The number of rotatable bonds is 5. The molecular weight excluding hydrogens is 690 g/mol. The number of amides is 1. The van der Waals surface area contributed by atoms with Crippen molar-refractivity contribution in [3.05, 3.63) is 87.6 Å². The number of methoxy groups -OCH3 is 2. The summed E-state index contributed by atoms with van der Waals surface area (Å²) in [5, 5.41) is -0.127. The number of halogens is 1. The number of hydrogen-bond acceptors (Lipinski definition) is 9. The summed E-state index contributed by atoms with van der Waals surface area (Å²) < 4.78 is 53.9. The number of benzene rings is 2. The Morgan fingerprint density at radius 1 is 1.10 bits per heavy atom. The summed E-state index contributed by atoms with van der Waals surface area (Å²) >= 11 is 6.38. The van der Waals surface area contributed by atoms with Crippen LogP contribution in [0.1, 0.15) is 84.8 Å². The molecule has 276 valence electrons. The minimum Gasteiger partial charge on any atom is -0.487 e. The van der Waals surface area contributed by atoms with Gasteiger partial charge in [0.05, 0.1) is 29.6 Å². The fourth-order valence-electron chi connectivity index (χ4n) is 7.73. The topological polar surface area (TPSA) is 120 Å². The average Bonchev–Trinajstić information content (AvgIpc) is 3.41. The molecule has 1 N–H and O–H groups in total. The van der Waals surface area contributed by atoms with Gasteiger partial charge in [0.1, 0.15) is 23.8 Å². The summed E-state index contributed by atoms with van der Waals surface area (Å²) in [4.78, 5) is 20.7. The lowest BCUT2D eigenvalue weighted by molar-refractivity contribution is -0.0776. The number of ether oxygens (including phenoxy) is 3. The van der Waals surface area contributed by atoms with Crippen molar-refractivity contribution >= 4 is 33.2 Å². The molecule has 0 spiro atoms. The van der Waals surface area contributed by atoms with Crippen LogP contribution in [0.5, 0.6) is 5.75 Å². The van der Waals surface area contributed by atoms with Crippen molar-refractivity contribution in [1.82, 2.24) is 9.71 Å². The third-order valence-electron chi connectivity index (χ3n) is 11.2. The smallest absolute Gasteiger partial charge is 0.264 e. The van der Waals surface area contributed by atoms with Gasteiger partial charge < -0.3 is 23.5 Å². The van der Waals surface area contributed by atoms with E-state index in [9.17, 15) is 13.2 Å². The molecule has 10 nitrogen and oxygen atoms in total. The van der Waals surface area contributed by atoms with Gasteiger partial charge in [-0.3, -0.25) is 4.79 Å². The first-order valence-electron chi connectivity index (χ1n) is 17.9. The van der Waals surface area contributed by atoms with Gasteiger partial charge in [-0.25, -0.2) is 18.1 Å². The van der Waals surface area contributed by atoms with E-state index in [0.29, 0.717) is 49.3 Å². The molecule has 2 aliphatic heterocycles. The highest BCUT2D eigenvalue weighted by molar-refractivity contribution is 7.90. The van der Waals surface area contributed by atoms with Crippen LogP contribution in [0.3, 0.4) is 0 Å². The highest BCUT2D eigenvalue weighted by Gasteiger charge is 2.48. The van der Waals surface area contributed by atoms with Crippen molar-refractivity contribution in [3.8, 4) is 5.75 Å². The molecule has 1 saturated carbocycles. The molecule has 2 bridgehead atoms. The van der Waals surface area contributed by atoms with Crippen molar-refractivity contribution in [2.24, 2.45) is 17.8 Å². The number of carbonyl (C=O) groups excluding carboxylic acids is 1.